The molecule has 142 valence electrons. The Balaban J connectivity index is 2.04. The quantitative estimate of drug-likeness (QED) is 0.589. The molecule has 0 heterocycles. The van der Waals surface area contributed by atoms with Crippen molar-refractivity contribution in [2.75, 3.05) is 34.3 Å². The van der Waals surface area contributed by atoms with E-state index in [1.165, 1.54) is 0 Å². The van der Waals surface area contributed by atoms with Crippen LogP contribution in [0.5, 0.6) is 11.5 Å². The lowest BCUT2D eigenvalue weighted by Gasteiger charge is -2.15. The Bertz CT molecular complexity index is 739. The second-order valence-corrected chi connectivity index (χ2v) is 7.33. The highest BCUT2D eigenvalue weighted by Gasteiger charge is 2.11. The third-order valence-electron chi connectivity index (χ3n) is 3.76. The molecule has 0 unspecified atom stereocenters. The molecule has 7 heteroatoms. The molecule has 0 aliphatic rings. The Hall–Kier alpha value is -1.17. The van der Waals surface area contributed by atoms with Gasteiger partial charge >= 0.3 is 0 Å². The van der Waals surface area contributed by atoms with E-state index in [-0.39, 0.29) is 0 Å². The monoisotopic (exact) mass is 416 g/mol. The fraction of sp³-hybridized carbons (Fsp3) is 0.368. The lowest BCUT2D eigenvalue weighted by Crippen LogP contribution is -2.26. The number of nitrogens with zero attached hydrogens (tertiary/aromatic N) is 1. The Morgan fingerprint density at radius 1 is 0.962 bits per heavy atom. The summed E-state index contributed by atoms with van der Waals surface area (Å²) in [5.41, 5.74) is 1.87. The number of rotatable bonds is 9. The van der Waals surface area contributed by atoms with Gasteiger partial charge < -0.3 is 19.7 Å². The van der Waals surface area contributed by atoms with Crippen LogP contribution in [-0.2, 0) is 13.2 Å². The summed E-state index contributed by atoms with van der Waals surface area (Å²) in [6.07, 6.45) is 0. The molecule has 0 radical (unpaired) electrons. The van der Waals surface area contributed by atoms with Crippen LogP contribution in [0.3, 0.4) is 0 Å². The number of hydrogen-bond donors (Lipinski definition) is 1. The van der Waals surface area contributed by atoms with Crippen LogP contribution in [0.25, 0.3) is 0 Å². The van der Waals surface area contributed by atoms with Gasteiger partial charge in [0, 0.05) is 30.7 Å². The van der Waals surface area contributed by atoms with Crippen LogP contribution in [0.15, 0.2) is 30.3 Å². The van der Waals surface area contributed by atoms with Crippen molar-refractivity contribution in [2.24, 2.45) is 0 Å². The molecule has 2 rings (SSSR count). The van der Waals surface area contributed by atoms with Crippen LogP contribution in [0, 0.1) is 0 Å². The standard InChI is InChI=1S/C19H23Cl3N2O2/c1-24(2)7-6-23-11-14-9-18(25-3)19(10-16(14)21)26-12-13-4-5-15(20)17(22)8-13/h4-5,8-10,23H,6-7,11-12H2,1-3H3. The summed E-state index contributed by atoms with van der Waals surface area (Å²) in [5.74, 6) is 1.22. The number of halogens is 3. The molecule has 2 aromatic carbocycles. The number of hydrogen-bond acceptors (Lipinski definition) is 4. The molecular formula is C19H23Cl3N2O2. The average molecular weight is 418 g/mol. The van der Waals surface area contributed by atoms with E-state index in [0.29, 0.717) is 39.7 Å². The number of likely N-dealkylation sites (N-methyl/N-ethyl adjacent to an activating group) is 1. The molecule has 26 heavy (non-hydrogen) atoms. The highest BCUT2D eigenvalue weighted by atomic mass is 35.5. The van der Waals surface area contributed by atoms with Crippen molar-refractivity contribution in [2.45, 2.75) is 13.2 Å². The molecule has 0 aliphatic carbocycles. The summed E-state index contributed by atoms with van der Waals surface area (Å²) in [6, 6.07) is 9.07. The van der Waals surface area contributed by atoms with Crippen molar-refractivity contribution in [3.05, 3.63) is 56.5 Å². The van der Waals surface area contributed by atoms with E-state index in [0.717, 1.165) is 24.2 Å². The van der Waals surface area contributed by atoms with Gasteiger partial charge in [-0.05, 0) is 43.4 Å². The smallest absolute Gasteiger partial charge is 0.163 e. The third-order valence-corrected chi connectivity index (χ3v) is 4.85. The lowest BCUT2D eigenvalue weighted by atomic mass is 10.2. The number of nitrogens with one attached hydrogen (secondary N) is 1. The Morgan fingerprint density at radius 2 is 1.73 bits per heavy atom. The van der Waals surface area contributed by atoms with Gasteiger partial charge in [0.1, 0.15) is 6.61 Å². The number of ether oxygens (including phenoxy) is 2. The van der Waals surface area contributed by atoms with E-state index in [9.17, 15) is 0 Å². The normalized spacial score (nSPS) is 11.0. The SMILES string of the molecule is COc1cc(CNCCN(C)C)c(Cl)cc1OCc1ccc(Cl)c(Cl)c1. The Morgan fingerprint density at radius 3 is 2.38 bits per heavy atom. The summed E-state index contributed by atoms with van der Waals surface area (Å²) in [4.78, 5) is 2.12. The van der Waals surface area contributed by atoms with Gasteiger partial charge in [0.15, 0.2) is 11.5 Å². The van der Waals surface area contributed by atoms with Crippen molar-refractivity contribution >= 4 is 34.8 Å². The van der Waals surface area contributed by atoms with Crippen molar-refractivity contribution in [1.82, 2.24) is 10.2 Å². The van der Waals surface area contributed by atoms with Gasteiger partial charge in [-0.25, -0.2) is 0 Å². The molecule has 0 spiro atoms. The van der Waals surface area contributed by atoms with Gasteiger partial charge in [-0.2, -0.15) is 0 Å². The van der Waals surface area contributed by atoms with Crippen molar-refractivity contribution < 1.29 is 9.47 Å². The molecule has 0 aromatic heterocycles. The molecular weight excluding hydrogens is 395 g/mol. The summed E-state index contributed by atoms with van der Waals surface area (Å²) >= 11 is 18.4. The predicted molar refractivity (Wildman–Crippen MR) is 109 cm³/mol. The van der Waals surface area contributed by atoms with Gasteiger partial charge in [0.25, 0.3) is 0 Å². The van der Waals surface area contributed by atoms with E-state index < -0.39 is 0 Å². The van der Waals surface area contributed by atoms with Gasteiger partial charge in [-0.3, -0.25) is 0 Å². The molecule has 4 nitrogen and oxygen atoms in total. The van der Waals surface area contributed by atoms with Crippen LogP contribution in [0.4, 0.5) is 0 Å². The molecule has 0 fully saturated rings. The topological polar surface area (TPSA) is 33.7 Å². The lowest BCUT2D eigenvalue weighted by molar-refractivity contribution is 0.284. The number of benzene rings is 2. The maximum absolute atomic E-state index is 6.40. The van der Waals surface area contributed by atoms with Crippen LogP contribution in [0.1, 0.15) is 11.1 Å². The first-order chi connectivity index (χ1) is 12.4. The number of methoxy groups -OCH3 is 1. The maximum Gasteiger partial charge on any atom is 0.163 e. The van der Waals surface area contributed by atoms with Crippen molar-refractivity contribution in [3.63, 3.8) is 0 Å². The highest BCUT2D eigenvalue weighted by Crippen LogP contribution is 2.34. The van der Waals surface area contributed by atoms with E-state index in [1.807, 2.05) is 26.2 Å². The fourth-order valence-corrected chi connectivity index (χ4v) is 2.84. The van der Waals surface area contributed by atoms with E-state index in [2.05, 4.69) is 10.2 Å². The van der Waals surface area contributed by atoms with Crippen molar-refractivity contribution in [1.29, 1.82) is 0 Å². The van der Waals surface area contributed by atoms with Crippen LogP contribution < -0.4 is 14.8 Å². The van der Waals surface area contributed by atoms with Crippen LogP contribution >= 0.6 is 34.8 Å². The Labute approximate surface area is 169 Å². The van der Waals surface area contributed by atoms with Crippen LogP contribution in [-0.4, -0.2) is 39.2 Å². The minimum atomic E-state index is 0.337. The summed E-state index contributed by atoms with van der Waals surface area (Å²) in [7, 11) is 5.69. The first-order valence-corrected chi connectivity index (χ1v) is 9.32. The summed E-state index contributed by atoms with van der Waals surface area (Å²) in [5, 5.41) is 5.01. The van der Waals surface area contributed by atoms with Gasteiger partial charge in [-0.15, -0.1) is 0 Å². The molecule has 2 aromatic rings. The zero-order chi connectivity index (χ0) is 19.1. The first-order valence-electron chi connectivity index (χ1n) is 8.19. The van der Waals surface area contributed by atoms with Gasteiger partial charge in [-0.1, -0.05) is 40.9 Å². The van der Waals surface area contributed by atoms with E-state index >= 15 is 0 Å². The first kappa shape index (κ1) is 21.1. The molecule has 0 aliphatic heterocycles. The summed E-state index contributed by atoms with van der Waals surface area (Å²) < 4.78 is 11.3. The van der Waals surface area contributed by atoms with Gasteiger partial charge in [0.2, 0.25) is 0 Å². The minimum Gasteiger partial charge on any atom is -0.493 e. The average Bonchev–Trinajstić information content (AvgIpc) is 2.60. The van der Waals surface area contributed by atoms with E-state index in [1.54, 1.807) is 25.3 Å². The fourth-order valence-electron chi connectivity index (χ4n) is 2.30. The molecule has 0 saturated carbocycles. The zero-order valence-electron chi connectivity index (χ0n) is 15.1. The van der Waals surface area contributed by atoms with Crippen molar-refractivity contribution in [3.8, 4) is 11.5 Å². The zero-order valence-corrected chi connectivity index (χ0v) is 17.4. The Kier molecular flexibility index (Phi) is 8.32. The second kappa shape index (κ2) is 10.2. The summed E-state index contributed by atoms with van der Waals surface area (Å²) in [6.45, 7) is 2.83. The molecule has 1 N–H and O–H groups in total. The minimum absolute atomic E-state index is 0.337. The second-order valence-electron chi connectivity index (χ2n) is 6.11. The maximum atomic E-state index is 6.40. The van der Waals surface area contributed by atoms with Gasteiger partial charge in [0.05, 0.1) is 17.2 Å². The third kappa shape index (κ3) is 6.22. The predicted octanol–water partition coefficient (Wildman–Crippen LogP) is 4.89. The highest BCUT2D eigenvalue weighted by molar-refractivity contribution is 6.42. The molecule has 0 amide bonds. The van der Waals surface area contributed by atoms with Crippen LogP contribution in [0.2, 0.25) is 15.1 Å². The molecule has 0 saturated heterocycles. The largest absolute Gasteiger partial charge is 0.493 e. The molecule has 0 bridgehead atoms. The van der Waals surface area contributed by atoms with E-state index in [4.69, 9.17) is 44.3 Å². The molecule has 0 atom stereocenters.